The van der Waals surface area contributed by atoms with Crippen LogP contribution in [-0.2, 0) is 12.8 Å². The van der Waals surface area contributed by atoms with Gasteiger partial charge in [-0.25, -0.2) is 13.8 Å². The van der Waals surface area contributed by atoms with Gasteiger partial charge >= 0.3 is 6.18 Å². The molecule has 1 aromatic rings. The van der Waals surface area contributed by atoms with E-state index in [1.165, 1.54) is 6.07 Å². The predicted octanol–water partition coefficient (Wildman–Crippen LogP) is 2.40. The van der Waals surface area contributed by atoms with Crippen molar-refractivity contribution in [3.8, 4) is 6.07 Å². The number of aliphatic hydroxyl groups is 1. The third-order valence-corrected chi connectivity index (χ3v) is 1.91. The van der Waals surface area contributed by atoms with Gasteiger partial charge in [-0.2, -0.15) is 18.4 Å². The number of hydrogen-bond donors (Lipinski definition) is 1. The molecule has 0 saturated carbocycles. The van der Waals surface area contributed by atoms with Crippen molar-refractivity contribution < 1.29 is 27.1 Å². The molecule has 17 heavy (non-hydrogen) atoms. The molecule has 0 aliphatic rings. The Labute approximate surface area is 92.1 Å². The third-order valence-electron chi connectivity index (χ3n) is 1.91. The molecule has 0 atom stereocenters. The van der Waals surface area contributed by atoms with Crippen LogP contribution in [0.5, 0.6) is 0 Å². The summed E-state index contributed by atoms with van der Waals surface area (Å²) in [5, 5.41) is 17.1. The average Bonchev–Trinajstić information content (AvgIpc) is 2.25. The molecule has 0 unspecified atom stereocenters. The number of halogens is 5. The third kappa shape index (κ3) is 2.68. The van der Waals surface area contributed by atoms with Crippen molar-refractivity contribution in [3.05, 3.63) is 28.6 Å². The SMILES string of the molecule is N#Cc1cc(C(F)F)c(C(F)(F)F)c(CO)n1. The lowest BCUT2D eigenvalue weighted by atomic mass is 10.0. The van der Waals surface area contributed by atoms with E-state index in [2.05, 4.69) is 4.98 Å². The number of rotatable bonds is 2. The van der Waals surface area contributed by atoms with Crippen LogP contribution in [0.1, 0.15) is 28.9 Å². The van der Waals surface area contributed by atoms with E-state index in [4.69, 9.17) is 10.4 Å². The van der Waals surface area contributed by atoms with E-state index in [9.17, 15) is 22.0 Å². The van der Waals surface area contributed by atoms with Crippen LogP contribution in [-0.4, -0.2) is 10.1 Å². The standard InChI is InChI=1S/C9H5F5N2O/c10-8(11)5-1-4(2-15)16-6(3-17)7(5)9(12,13)14/h1,8,17H,3H2. The van der Waals surface area contributed by atoms with Crippen LogP contribution < -0.4 is 0 Å². The number of pyridine rings is 1. The molecule has 1 aromatic heterocycles. The first-order valence-corrected chi connectivity index (χ1v) is 4.21. The molecule has 0 amide bonds. The van der Waals surface area contributed by atoms with Gasteiger partial charge in [0.1, 0.15) is 11.8 Å². The van der Waals surface area contributed by atoms with Crippen LogP contribution in [0.4, 0.5) is 22.0 Å². The van der Waals surface area contributed by atoms with Gasteiger partial charge in [0.15, 0.2) is 0 Å². The molecule has 0 aromatic carbocycles. The topological polar surface area (TPSA) is 56.9 Å². The Kier molecular flexibility index (Phi) is 3.63. The van der Waals surface area contributed by atoms with Gasteiger partial charge in [0.2, 0.25) is 0 Å². The molecule has 92 valence electrons. The van der Waals surface area contributed by atoms with Crippen LogP contribution in [0.2, 0.25) is 0 Å². The summed E-state index contributed by atoms with van der Waals surface area (Å²) in [4.78, 5) is 3.15. The summed E-state index contributed by atoms with van der Waals surface area (Å²) in [7, 11) is 0. The van der Waals surface area contributed by atoms with Crippen molar-refractivity contribution in [1.82, 2.24) is 4.98 Å². The molecular formula is C9H5F5N2O. The smallest absolute Gasteiger partial charge is 0.390 e. The number of aliphatic hydroxyl groups excluding tert-OH is 1. The zero-order chi connectivity index (χ0) is 13.2. The van der Waals surface area contributed by atoms with E-state index in [0.29, 0.717) is 6.07 Å². The highest BCUT2D eigenvalue weighted by Crippen LogP contribution is 2.38. The molecular weight excluding hydrogens is 247 g/mol. The van der Waals surface area contributed by atoms with Gasteiger partial charge in [-0.3, -0.25) is 0 Å². The molecule has 0 aliphatic carbocycles. The average molecular weight is 252 g/mol. The zero-order valence-electron chi connectivity index (χ0n) is 8.09. The maximum absolute atomic E-state index is 12.5. The Balaban J connectivity index is 3.60. The maximum atomic E-state index is 12.5. The van der Waals surface area contributed by atoms with E-state index in [1.807, 2.05) is 0 Å². The van der Waals surface area contributed by atoms with Gasteiger partial charge in [-0.15, -0.1) is 0 Å². The van der Waals surface area contributed by atoms with Crippen LogP contribution in [0.25, 0.3) is 0 Å². The second-order valence-corrected chi connectivity index (χ2v) is 2.99. The van der Waals surface area contributed by atoms with Gasteiger partial charge in [0, 0.05) is 5.56 Å². The van der Waals surface area contributed by atoms with Gasteiger partial charge < -0.3 is 5.11 Å². The fourth-order valence-electron chi connectivity index (χ4n) is 1.29. The van der Waals surface area contributed by atoms with Crippen LogP contribution >= 0.6 is 0 Å². The highest BCUT2D eigenvalue weighted by molar-refractivity contribution is 5.39. The lowest BCUT2D eigenvalue weighted by Gasteiger charge is -2.15. The van der Waals surface area contributed by atoms with Crippen molar-refractivity contribution >= 4 is 0 Å². The van der Waals surface area contributed by atoms with Crippen molar-refractivity contribution in [1.29, 1.82) is 5.26 Å². The van der Waals surface area contributed by atoms with Crippen molar-refractivity contribution in [2.45, 2.75) is 19.2 Å². The summed E-state index contributed by atoms with van der Waals surface area (Å²) in [6.07, 6.45) is -8.47. The van der Waals surface area contributed by atoms with Crippen LogP contribution in [0.3, 0.4) is 0 Å². The Morgan fingerprint density at radius 2 is 2.00 bits per heavy atom. The fourth-order valence-corrected chi connectivity index (χ4v) is 1.29. The Bertz CT molecular complexity index is 464. The molecule has 1 N–H and O–H groups in total. The first-order valence-electron chi connectivity index (χ1n) is 4.21. The van der Waals surface area contributed by atoms with Gasteiger partial charge in [0.25, 0.3) is 6.43 Å². The van der Waals surface area contributed by atoms with Crippen molar-refractivity contribution in [3.63, 3.8) is 0 Å². The molecule has 1 rings (SSSR count). The number of aromatic nitrogens is 1. The number of nitrogens with zero attached hydrogens (tertiary/aromatic N) is 2. The van der Waals surface area contributed by atoms with E-state index in [-0.39, 0.29) is 0 Å². The molecule has 0 spiro atoms. The quantitative estimate of drug-likeness (QED) is 0.822. The van der Waals surface area contributed by atoms with Crippen molar-refractivity contribution in [2.75, 3.05) is 0 Å². The van der Waals surface area contributed by atoms with Gasteiger partial charge in [-0.1, -0.05) is 0 Å². The predicted molar refractivity (Wildman–Crippen MR) is 44.8 cm³/mol. The molecule has 0 radical (unpaired) electrons. The van der Waals surface area contributed by atoms with Gasteiger partial charge in [0.05, 0.1) is 17.9 Å². The lowest BCUT2D eigenvalue weighted by molar-refractivity contribution is -0.141. The van der Waals surface area contributed by atoms with E-state index in [1.54, 1.807) is 0 Å². The van der Waals surface area contributed by atoms with E-state index < -0.39 is 41.7 Å². The minimum Gasteiger partial charge on any atom is -0.390 e. The van der Waals surface area contributed by atoms with E-state index >= 15 is 0 Å². The summed E-state index contributed by atoms with van der Waals surface area (Å²) in [5.41, 5.74) is -4.62. The monoisotopic (exact) mass is 252 g/mol. The minimum absolute atomic E-state index is 0.368. The Morgan fingerprint density at radius 3 is 2.35 bits per heavy atom. The lowest BCUT2D eigenvalue weighted by Crippen LogP contribution is -2.16. The Hall–Kier alpha value is -1.75. The highest BCUT2D eigenvalue weighted by Gasteiger charge is 2.39. The summed E-state index contributed by atoms with van der Waals surface area (Å²) in [5.74, 6) is 0. The maximum Gasteiger partial charge on any atom is 0.418 e. The second kappa shape index (κ2) is 4.63. The molecule has 0 aliphatic heterocycles. The highest BCUT2D eigenvalue weighted by atomic mass is 19.4. The van der Waals surface area contributed by atoms with E-state index in [0.717, 1.165) is 0 Å². The first kappa shape index (κ1) is 13.3. The molecule has 0 saturated heterocycles. The summed E-state index contributed by atoms with van der Waals surface area (Å²) >= 11 is 0. The fraction of sp³-hybridized carbons (Fsp3) is 0.333. The second-order valence-electron chi connectivity index (χ2n) is 2.99. The number of alkyl halides is 5. The molecule has 1 heterocycles. The zero-order valence-corrected chi connectivity index (χ0v) is 8.09. The molecule has 0 bridgehead atoms. The minimum atomic E-state index is -5.06. The number of hydrogen-bond acceptors (Lipinski definition) is 3. The Morgan fingerprint density at radius 1 is 1.41 bits per heavy atom. The largest absolute Gasteiger partial charge is 0.418 e. The summed E-state index contributed by atoms with van der Waals surface area (Å²) in [6, 6.07) is 1.72. The van der Waals surface area contributed by atoms with Gasteiger partial charge in [-0.05, 0) is 6.07 Å². The molecule has 3 nitrogen and oxygen atoms in total. The summed E-state index contributed by atoms with van der Waals surface area (Å²) < 4.78 is 62.5. The van der Waals surface area contributed by atoms with Crippen LogP contribution in [0, 0.1) is 11.3 Å². The first-order chi connectivity index (χ1) is 7.81. The molecule has 8 heteroatoms. The summed E-state index contributed by atoms with van der Waals surface area (Å²) in [6.45, 7) is -1.18. The van der Waals surface area contributed by atoms with Crippen molar-refractivity contribution in [2.24, 2.45) is 0 Å². The normalized spacial score (nSPS) is 11.6. The number of nitriles is 1. The molecule has 0 fully saturated rings. The van der Waals surface area contributed by atoms with Crippen LogP contribution in [0.15, 0.2) is 6.07 Å².